The van der Waals surface area contributed by atoms with E-state index in [0.717, 1.165) is 4.90 Å². The molecule has 0 radical (unpaired) electrons. The Bertz CT molecular complexity index is 1190. The standard InChI is InChI=1S/C23H16FN3O5/c24-15-7-9-16(10-8-15)25-21(28)20(13-14-5-11-17(12-6-14)27(31)32)26-22(29)18-3-1-2-4-19(18)23(26)30/h1-12,20H,13H2,(H,25,28). The Morgan fingerprint density at radius 3 is 2.03 bits per heavy atom. The number of halogens is 1. The Morgan fingerprint density at radius 2 is 1.50 bits per heavy atom. The average molecular weight is 433 g/mol. The van der Waals surface area contributed by atoms with Gasteiger partial charge in [0.05, 0.1) is 16.1 Å². The highest BCUT2D eigenvalue weighted by atomic mass is 19.1. The molecule has 0 saturated heterocycles. The van der Waals surface area contributed by atoms with E-state index in [1.165, 1.54) is 60.7 Å². The summed E-state index contributed by atoms with van der Waals surface area (Å²) in [5.41, 5.74) is 1.08. The first-order valence-corrected chi connectivity index (χ1v) is 9.62. The van der Waals surface area contributed by atoms with Crippen LogP contribution in [0.1, 0.15) is 26.3 Å². The van der Waals surface area contributed by atoms with Crippen molar-refractivity contribution in [3.05, 3.63) is 105 Å². The minimum absolute atomic E-state index is 0.0590. The molecule has 1 atom stereocenters. The number of amides is 3. The van der Waals surface area contributed by atoms with Crippen LogP contribution in [-0.4, -0.2) is 33.6 Å². The summed E-state index contributed by atoms with van der Waals surface area (Å²) in [4.78, 5) is 50.3. The van der Waals surface area contributed by atoms with Gasteiger partial charge in [-0.25, -0.2) is 4.39 Å². The van der Waals surface area contributed by atoms with E-state index >= 15 is 0 Å². The second kappa shape index (κ2) is 8.38. The maximum Gasteiger partial charge on any atom is 0.269 e. The smallest absolute Gasteiger partial charge is 0.269 e. The summed E-state index contributed by atoms with van der Waals surface area (Å²) in [5.74, 6) is -2.34. The van der Waals surface area contributed by atoms with E-state index in [4.69, 9.17) is 0 Å². The number of rotatable bonds is 6. The Morgan fingerprint density at radius 1 is 0.938 bits per heavy atom. The number of imide groups is 1. The summed E-state index contributed by atoms with van der Waals surface area (Å²) in [7, 11) is 0. The van der Waals surface area contributed by atoms with Gasteiger partial charge in [0.2, 0.25) is 5.91 Å². The first-order valence-electron chi connectivity index (χ1n) is 9.62. The summed E-state index contributed by atoms with van der Waals surface area (Å²) >= 11 is 0. The van der Waals surface area contributed by atoms with E-state index in [1.807, 2.05) is 0 Å². The molecule has 1 unspecified atom stereocenters. The lowest BCUT2D eigenvalue weighted by atomic mass is 10.0. The van der Waals surface area contributed by atoms with Crippen molar-refractivity contribution in [3.8, 4) is 0 Å². The van der Waals surface area contributed by atoms with Crippen molar-refractivity contribution in [1.29, 1.82) is 0 Å². The maximum absolute atomic E-state index is 13.2. The van der Waals surface area contributed by atoms with Gasteiger partial charge >= 0.3 is 0 Å². The number of nitro benzene ring substituents is 1. The van der Waals surface area contributed by atoms with Crippen LogP contribution in [0.15, 0.2) is 72.8 Å². The number of hydrogen-bond acceptors (Lipinski definition) is 5. The fourth-order valence-electron chi connectivity index (χ4n) is 3.53. The highest BCUT2D eigenvalue weighted by Gasteiger charge is 2.42. The maximum atomic E-state index is 13.2. The molecule has 0 saturated carbocycles. The third-order valence-corrected chi connectivity index (χ3v) is 5.13. The van der Waals surface area contributed by atoms with Gasteiger partial charge in [0.25, 0.3) is 17.5 Å². The van der Waals surface area contributed by atoms with Crippen molar-refractivity contribution in [2.24, 2.45) is 0 Å². The second-order valence-corrected chi connectivity index (χ2v) is 7.17. The lowest BCUT2D eigenvalue weighted by molar-refractivity contribution is -0.384. The number of carbonyl (C=O) groups excluding carboxylic acids is 3. The van der Waals surface area contributed by atoms with Gasteiger partial charge in [-0.15, -0.1) is 0 Å². The lowest BCUT2D eigenvalue weighted by Crippen LogP contribution is -2.48. The topological polar surface area (TPSA) is 110 Å². The molecule has 1 heterocycles. The summed E-state index contributed by atoms with van der Waals surface area (Å²) in [6.45, 7) is 0. The Kier molecular flexibility index (Phi) is 5.46. The Balaban J connectivity index is 1.67. The molecule has 3 aromatic carbocycles. The van der Waals surface area contributed by atoms with Crippen LogP contribution in [0.4, 0.5) is 15.8 Å². The van der Waals surface area contributed by atoms with Crippen LogP contribution >= 0.6 is 0 Å². The zero-order chi connectivity index (χ0) is 22.8. The molecule has 0 bridgehead atoms. The van der Waals surface area contributed by atoms with Gasteiger partial charge < -0.3 is 5.32 Å². The molecule has 3 aromatic rings. The van der Waals surface area contributed by atoms with Crippen molar-refractivity contribution in [3.63, 3.8) is 0 Å². The highest BCUT2D eigenvalue weighted by Crippen LogP contribution is 2.27. The summed E-state index contributed by atoms with van der Waals surface area (Å²) in [5, 5.41) is 13.5. The summed E-state index contributed by atoms with van der Waals surface area (Å²) < 4.78 is 13.2. The van der Waals surface area contributed by atoms with E-state index in [2.05, 4.69) is 5.32 Å². The summed E-state index contributed by atoms with van der Waals surface area (Å²) in [6, 6.07) is 15.6. The molecule has 4 rings (SSSR count). The molecule has 9 heteroatoms. The number of fused-ring (bicyclic) bond motifs is 1. The van der Waals surface area contributed by atoms with Gasteiger partial charge in [0.1, 0.15) is 11.9 Å². The van der Waals surface area contributed by atoms with Crippen LogP contribution in [0.2, 0.25) is 0 Å². The quantitative estimate of drug-likeness (QED) is 0.363. The number of non-ortho nitro benzene ring substituents is 1. The van der Waals surface area contributed by atoms with Crippen LogP contribution in [0.25, 0.3) is 0 Å². The third-order valence-electron chi connectivity index (χ3n) is 5.13. The molecular weight excluding hydrogens is 417 g/mol. The fraction of sp³-hybridized carbons (Fsp3) is 0.0870. The minimum atomic E-state index is -1.23. The van der Waals surface area contributed by atoms with E-state index in [9.17, 15) is 28.9 Å². The predicted molar refractivity (Wildman–Crippen MR) is 113 cm³/mol. The first kappa shape index (κ1) is 20.9. The van der Waals surface area contributed by atoms with Gasteiger partial charge in [-0.1, -0.05) is 24.3 Å². The number of nitrogens with one attached hydrogen (secondary N) is 1. The molecule has 32 heavy (non-hydrogen) atoms. The molecule has 1 aliphatic heterocycles. The van der Waals surface area contributed by atoms with Gasteiger partial charge in [-0.2, -0.15) is 0 Å². The Hall–Kier alpha value is -4.40. The number of carbonyl (C=O) groups is 3. The summed E-state index contributed by atoms with van der Waals surface area (Å²) in [6.07, 6.45) is -0.0590. The highest BCUT2D eigenvalue weighted by molar-refractivity contribution is 6.23. The van der Waals surface area contributed by atoms with Crippen LogP contribution in [0.5, 0.6) is 0 Å². The largest absolute Gasteiger partial charge is 0.324 e. The first-order chi connectivity index (χ1) is 15.3. The molecule has 1 N–H and O–H groups in total. The Labute approximate surface area is 181 Å². The van der Waals surface area contributed by atoms with Gasteiger partial charge in [-0.05, 0) is 42.0 Å². The fourth-order valence-corrected chi connectivity index (χ4v) is 3.53. The monoisotopic (exact) mass is 433 g/mol. The normalized spacial score (nSPS) is 13.6. The molecule has 8 nitrogen and oxygen atoms in total. The molecule has 0 aromatic heterocycles. The molecule has 0 fully saturated rings. The van der Waals surface area contributed by atoms with E-state index < -0.39 is 34.5 Å². The van der Waals surface area contributed by atoms with Crippen LogP contribution in [0, 0.1) is 15.9 Å². The van der Waals surface area contributed by atoms with Crippen LogP contribution in [0.3, 0.4) is 0 Å². The second-order valence-electron chi connectivity index (χ2n) is 7.17. The van der Waals surface area contributed by atoms with Gasteiger partial charge in [0.15, 0.2) is 0 Å². The number of nitro groups is 1. The SMILES string of the molecule is O=C(Nc1ccc(F)cc1)C(Cc1ccc([N+](=O)[O-])cc1)N1C(=O)c2ccccc2C1=O. The van der Waals surface area contributed by atoms with Crippen LogP contribution < -0.4 is 5.32 Å². The lowest BCUT2D eigenvalue weighted by Gasteiger charge is -2.25. The predicted octanol–water partition coefficient (Wildman–Crippen LogP) is 3.58. The van der Waals surface area contributed by atoms with Crippen molar-refractivity contribution >= 4 is 29.1 Å². The number of nitrogens with zero attached hydrogens (tertiary/aromatic N) is 2. The van der Waals surface area contributed by atoms with Crippen molar-refractivity contribution in [2.75, 3.05) is 5.32 Å². The van der Waals surface area contributed by atoms with Gasteiger partial charge in [-0.3, -0.25) is 29.4 Å². The zero-order valence-electron chi connectivity index (χ0n) is 16.5. The van der Waals surface area contributed by atoms with E-state index in [0.29, 0.717) is 11.3 Å². The van der Waals surface area contributed by atoms with Crippen molar-refractivity contribution in [2.45, 2.75) is 12.5 Å². The van der Waals surface area contributed by atoms with E-state index in [-0.39, 0.29) is 23.2 Å². The third kappa shape index (κ3) is 3.95. The van der Waals surface area contributed by atoms with Crippen LogP contribution in [-0.2, 0) is 11.2 Å². The number of hydrogen-bond donors (Lipinski definition) is 1. The number of benzene rings is 3. The molecule has 160 valence electrons. The molecule has 3 amide bonds. The molecule has 0 spiro atoms. The zero-order valence-corrected chi connectivity index (χ0v) is 16.5. The minimum Gasteiger partial charge on any atom is -0.324 e. The van der Waals surface area contributed by atoms with Crippen molar-refractivity contribution < 1.29 is 23.7 Å². The van der Waals surface area contributed by atoms with E-state index in [1.54, 1.807) is 12.1 Å². The molecular formula is C23H16FN3O5. The average Bonchev–Trinajstić information content (AvgIpc) is 3.04. The molecule has 0 aliphatic carbocycles. The van der Waals surface area contributed by atoms with Crippen molar-refractivity contribution in [1.82, 2.24) is 4.90 Å². The molecule has 1 aliphatic rings. The number of anilines is 1. The van der Waals surface area contributed by atoms with Gasteiger partial charge in [0, 0.05) is 24.2 Å².